The summed E-state index contributed by atoms with van der Waals surface area (Å²) < 4.78 is 7.86. The first kappa shape index (κ1) is 21.4. The molecule has 0 aliphatic carbocycles. The zero-order valence-electron chi connectivity index (χ0n) is 17.7. The van der Waals surface area contributed by atoms with Gasteiger partial charge in [-0.3, -0.25) is 9.55 Å². The first-order valence-corrected chi connectivity index (χ1v) is 11.6. The van der Waals surface area contributed by atoms with Crippen LogP contribution in [0.25, 0.3) is 17.1 Å². The summed E-state index contributed by atoms with van der Waals surface area (Å²) in [6.07, 6.45) is 4.07. The molecule has 0 fully saturated rings. The summed E-state index contributed by atoms with van der Waals surface area (Å²) in [7, 11) is 0. The van der Waals surface area contributed by atoms with Crippen LogP contribution in [-0.4, -0.2) is 29.9 Å². The van der Waals surface area contributed by atoms with E-state index in [0.717, 1.165) is 22.4 Å². The van der Waals surface area contributed by atoms with Crippen LogP contribution in [0.2, 0.25) is 5.02 Å². The van der Waals surface area contributed by atoms with Gasteiger partial charge in [0.1, 0.15) is 0 Å². The van der Waals surface area contributed by atoms with Gasteiger partial charge in [-0.2, -0.15) is 0 Å². The van der Waals surface area contributed by atoms with Crippen LogP contribution >= 0.6 is 23.4 Å². The van der Waals surface area contributed by atoms with Crippen molar-refractivity contribution in [3.8, 4) is 17.1 Å². The van der Waals surface area contributed by atoms with E-state index in [-0.39, 0.29) is 0 Å². The molecule has 0 N–H and O–H groups in total. The summed E-state index contributed by atoms with van der Waals surface area (Å²) in [5.74, 6) is 2.30. The highest BCUT2D eigenvalue weighted by molar-refractivity contribution is 7.98. The van der Waals surface area contributed by atoms with Gasteiger partial charge in [-0.15, -0.1) is 20.4 Å². The number of hydrogen-bond donors (Lipinski definition) is 0. The first-order chi connectivity index (χ1) is 16.2. The summed E-state index contributed by atoms with van der Waals surface area (Å²) in [5, 5.41) is 18.7. The van der Waals surface area contributed by atoms with Crippen molar-refractivity contribution in [1.29, 1.82) is 0 Å². The van der Waals surface area contributed by atoms with Gasteiger partial charge in [0.15, 0.2) is 11.0 Å². The smallest absolute Gasteiger partial charge is 0.226 e. The van der Waals surface area contributed by atoms with E-state index in [0.29, 0.717) is 40.0 Å². The number of aromatic nitrogens is 6. The number of halogens is 1. The molecule has 0 atom stereocenters. The Labute approximate surface area is 199 Å². The third-order valence-electron chi connectivity index (χ3n) is 5.08. The predicted molar refractivity (Wildman–Crippen MR) is 127 cm³/mol. The average molecular weight is 475 g/mol. The standard InChI is InChI=1S/C24H19ClN6OS/c1-16-19(25)8-5-9-20(16)31-23(18-10-12-26-13-11-18)29-30-24(31)33-15-22-28-27-21(32-22)14-17-6-3-2-4-7-17/h2-13H,14-15H2,1H3. The molecule has 0 radical (unpaired) electrons. The van der Waals surface area contributed by atoms with E-state index < -0.39 is 0 Å². The van der Waals surface area contributed by atoms with Crippen LogP contribution in [0.3, 0.4) is 0 Å². The van der Waals surface area contributed by atoms with Gasteiger partial charge in [-0.1, -0.05) is 59.8 Å². The number of nitrogens with zero attached hydrogens (tertiary/aromatic N) is 6. The lowest BCUT2D eigenvalue weighted by Crippen LogP contribution is -2.02. The third-order valence-corrected chi connectivity index (χ3v) is 6.41. The van der Waals surface area contributed by atoms with Crippen molar-refractivity contribution >= 4 is 23.4 Å². The van der Waals surface area contributed by atoms with E-state index in [1.165, 1.54) is 11.8 Å². The van der Waals surface area contributed by atoms with E-state index >= 15 is 0 Å². The fraction of sp³-hybridized carbons (Fsp3) is 0.125. The second-order valence-corrected chi connectivity index (χ2v) is 8.65. The Hall–Kier alpha value is -3.49. The van der Waals surface area contributed by atoms with E-state index in [1.54, 1.807) is 12.4 Å². The Bertz CT molecular complexity index is 1370. The Balaban J connectivity index is 1.43. The molecule has 3 heterocycles. The molecule has 0 spiro atoms. The minimum Gasteiger partial charge on any atom is -0.424 e. The maximum absolute atomic E-state index is 6.42. The molecule has 33 heavy (non-hydrogen) atoms. The minimum absolute atomic E-state index is 0.468. The average Bonchev–Trinajstić information content (AvgIpc) is 3.47. The molecule has 0 saturated carbocycles. The van der Waals surface area contributed by atoms with Gasteiger partial charge in [0, 0.05) is 23.0 Å². The van der Waals surface area contributed by atoms with Crippen molar-refractivity contribution in [3.05, 3.63) is 101 Å². The van der Waals surface area contributed by atoms with E-state index in [9.17, 15) is 0 Å². The second kappa shape index (κ2) is 9.56. The minimum atomic E-state index is 0.468. The van der Waals surface area contributed by atoms with Crippen LogP contribution in [0.1, 0.15) is 22.9 Å². The van der Waals surface area contributed by atoms with Gasteiger partial charge in [0.05, 0.1) is 17.9 Å². The molecule has 0 saturated heterocycles. The molecule has 5 rings (SSSR count). The van der Waals surface area contributed by atoms with Gasteiger partial charge in [0.2, 0.25) is 11.8 Å². The third kappa shape index (κ3) is 4.67. The molecule has 0 aliphatic heterocycles. The topological polar surface area (TPSA) is 82.5 Å². The number of benzene rings is 2. The van der Waals surface area contributed by atoms with E-state index in [1.807, 2.05) is 72.2 Å². The molecule has 164 valence electrons. The maximum atomic E-state index is 6.42. The molecular weight excluding hydrogens is 456 g/mol. The van der Waals surface area contributed by atoms with Gasteiger partial charge >= 0.3 is 0 Å². The SMILES string of the molecule is Cc1c(Cl)cccc1-n1c(SCc2nnc(Cc3ccccc3)o2)nnc1-c1ccncc1. The highest BCUT2D eigenvalue weighted by Gasteiger charge is 2.19. The van der Waals surface area contributed by atoms with Crippen LogP contribution in [0.4, 0.5) is 0 Å². The molecule has 0 aliphatic rings. The first-order valence-electron chi connectivity index (χ1n) is 10.3. The largest absolute Gasteiger partial charge is 0.424 e. The molecular formula is C24H19ClN6OS. The van der Waals surface area contributed by atoms with Crippen molar-refractivity contribution < 1.29 is 4.42 Å². The molecule has 2 aromatic carbocycles. The summed E-state index contributed by atoms with van der Waals surface area (Å²) >= 11 is 7.90. The van der Waals surface area contributed by atoms with Crippen LogP contribution in [0.5, 0.6) is 0 Å². The van der Waals surface area contributed by atoms with Crippen molar-refractivity contribution in [2.24, 2.45) is 0 Å². The number of hydrogen-bond acceptors (Lipinski definition) is 7. The fourth-order valence-electron chi connectivity index (χ4n) is 3.42. The Kier molecular flexibility index (Phi) is 6.19. The van der Waals surface area contributed by atoms with Crippen LogP contribution in [-0.2, 0) is 12.2 Å². The van der Waals surface area contributed by atoms with Crippen molar-refractivity contribution in [2.75, 3.05) is 0 Å². The summed E-state index contributed by atoms with van der Waals surface area (Å²) in [6.45, 7) is 1.98. The summed E-state index contributed by atoms with van der Waals surface area (Å²) in [6, 6.07) is 19.7. The van der Waals surface area contributed by atoms with Crippen molar-refractivity contribution in [3.63, 3.8) is 0 Å². The van der Waals surface area contributed by atoms with Gasteiger partial charge < -0.3 is 4.42 Å². The number of rotatable bonds is 7. The zero-order chi connectivity index (χ0) is 22.6. The Morgan fingerprint density at radius 3 is 2.48 bits per heavy atom. The monoisotopic (exact) mass is 474 g/mol. The highest BCUT2D eigenvalue weighted by atomic mass is 35.5. The molecule has 3 aromatic heterocycles. The quantitative estimate of drug-likeness (QED) is 0.285. The van der Waals surface area contributed by atoms with Crippen molar-refractivity contribution in [2.45, 2.75) is 24.3 Å². The highest BCUT2D eigenvalue weighted by Crippen LogP contribution is 2.32. The maximum Gasteiger partial charge on any atom is 0.226 e. The summed E-state index contributed by atoms with van der Waals surface area (Å²) in [5.41, 5.74) is 3.89. The van der Waals surface area contributed by atoms with Crippen LogP contribution < -0.4 is 0 Å². The zero-order valence-corrected chi connectivity index (χ0v) is 19.3. The second-order valence-electron chi connectivity index (χ2n) is 7.30. The van der Waals surface area contributed by atoms with Gasteiger partial charge in [-0.05, 0) is 42.3 Å². The van der Waals surface area contributed by atoms with Gasteiger partial charge in [-0.25, -0.2) is 0 Å². The van der Waals surface area contributed by atoms with Crippen LogP contribution in [0.15, 0.2) is 82.6 Å². The number of thioether (sulfide) groups is 1. The lowest BCUT2D eigenvalue weighted by Gasteiger charge is -2.13. The number of pyridine rings is 1. The predicted octanol–water partition coefficient (Wildman–Crippen LogP) is 5.56. The molecule has 5 aromatic rings. The molecule has 0 amide bonds. The molecule has 0 unspecified atom stereocenters. The molecule has 9 heteroatoms. The molecule has 7 nitrogen and oxygen atoms in total. The van der Waals surface area contributed by atoms with E-state index in [2.05, 4.69) is 25.4 Å². The fourth-order valence-corrected chi connectivity index (χ4v) is 4.37. The normalized spacial score (nSPS) is 11.1. The van der Waals surface area contributed by atoms with Crippen LogP contribution in [0, 0.1) is 6.92 Å². The lowest BCUT2D eigenvalue weighted by atomic mass is 10.2. The summed E-state index contributed by atoms with van der Waals surface area (Å²) in [4.78, 5) is 4.11. The lowest BCUT2D eigenvalue weighted by molar-refractivity contribution is 0.474. The Morgan fingerprint density at radius 2 is 1.67 bits per heavy atom. The Morgan fingerprint density at radius 1 is 0.879 bits per heavy atom. The van der Waals surface area contributed by atoms with Crippen molar-refractivity contribution in [1.82, 2.24) is 29.9 Å². The van der Waals surface area contributed by atoms with Gasteiger partial charge in [0.25, 0.3) is 0 Å². The molecule has 0 bridgehead atoms. The van der Waals surface area contributed by atoms with E-state index in [4.69, 9.17) is 16.0 Å².